The van der Waals surface area contributed by atoms with Crippen molar-refractivity contribution in [2.45, 2.75) is 25.2 Å². The summed E-state index contributed by atoms with van der Waals surface area (Å²) in [6, 6.07) is 59.6. The first-order valence-electron chi connectivity index (χ1n) is 16.5. The summed E-state index contributed by atoms with van der Waals surface area (Å²) in [5.41, 5.74) is 16.0. The molecule has 1 atom stereocenters. The molecule has 0 saturated heterocycles. The van der Waals surface area contributed by atoms with E-state index in [4.69, 9.17) is 4.42 Å². The van der Waals surface area contributed by atoms with E-state index in [9.17, 15) is 0 Å². The van der Waals surface area contributed by atoms with E-state index in [-0.39, 0.29) is 11.3 Å². The molecule has 1 heteroatoms. The Bertz CT molecular complexity index is 2410. The van der Waals surface area contributed by atoms with E-state index < -0.39 is 0 Å². The average Bonchev–Trinajstić information content (AvgIpc) is 3.62. The van der Waals surface area contributed by atoms with Crippen molar-refractivity contribution in [1.29, 1.82) is 0 Å². The van der Waals surface area contributed by atoms with Gasteiger partial charge in [0.1, 0.15) is 11.2 Å². The van der Waals surface area contributed by atoms with Crippen LogP contribution in [0.25, 0.3) is 55.3 Å². The zero-order chi connectivity index (χ0) is 31.5. The second-order valence-corrected chi connectivity index (χ2v) is 13.3. The third-order valence-corrected chi connectivity index (χ3v) is 10.3. The maximum absolute atomic E-state index is 6.42. The molecule has 0 saturated carbocycles. The molecular weight excluding hydrogens is 569 g/mol. The molecule has 0 bridgehead atoms. The van der Waals surface area contributed by atoms with Crippen molar-refractivity contribution in [3.63, 3.8) is 0 Å². The van der Waals surface area contributed by atoms with Crippen LogP contribution in [0, 0.1) is 0 Å². The molecule has 0 spiro atoms. The Morgan fingerprint density at radius 3 is 1.77 bits per heavy atom. The maximum Gasteiger partial charge on any atom is 0.135 e. The molecule has 1 aliphatic carbocycles. The van der Waals surface area contributed by atoms with E-state index in [1.807, 2.05) is 0 Å². The van der Waals surface area contributed by atoms with E-state index in [0.717, 1.165) is 16.6 Å². The van der Waals surface area contributed by atoms with Crippen LogP contribution in [0.15, 0.2) is 168 Å². The minimum absolute atomic E-state index is 0.00567. The molecule has 1 unspecified atom stereocenters. The first-order valence-corrected chi connectivity index (χ1v) is 16.5. The molecule has 1 nitrogen and oxygen atoms in total. The van der Waals surface area contributed by atoms with Gasteiger partial charge in [0.25, 0.3) is 0 Å². The molecule has 0 fully saturated rings. The fourth-order valence-electron chi connectivity index (χ4n) is 7.95. The Labute approximate surface area is 275 Å². The lowest BCUT2D eigenvalue weighted by molar-refractivity contribution is 0.659. The second kappa shape index (κ2) is 10.7. The Kier molecular flexibility index (Phi) is 6.30. The second-order valence-electron chi connectivity index (χ2n) is 13.3. The standard InChI is InChI=1S/C46H34O/c1-46(2)39-18-8-6-14-35(39)44-37(16-10-19-40(44)46)43(38-17-11-21-42-45(38)36-15-7-9-20-41(36)47-42)34-28-26-33(27-29-34)32-24-22-31(23-25-32)30-12-4-3-5-13-30/h3-29,43H,1-2H3. The number of hydrogen-bond donors (Lipinski definition) is 0. The van der Waals surface area contributed by atoms with Crippen molar-refractivity contribution >= 4 is 21.9 Å². The van der Waals surface area contributed by atoms with Crippen LogP contribution >= 0.6 is 0 Å². The van der Waals surface area contributed by atoms with E-state index >= 15 is 0 Å². The van der Waals surface area contributed by atoms with Crippen LogP contribution in [0.3, 0.4) is 0 Å². The molecule has 0 radical (unpaired) electrons. The smallest absolute Gasteiger partial charge is 0.135 e. The normalized spacial score (nSPS) is 13.8. The molecule has 47 heavy (non-hydrogen) atoms. The number of hydrogen-bond acceptors (Lipinski definition) is 1. The summed E-state index contributed by atoms with van der Waals surface area (Å²) in [6.45, 7) is 4.72. The monoisotopic (exact) mass is 602 g/mol. The largest absolute Gasteiger partial charge is 0.456 e. The zero-order valence-electron chi connectivity index (χ0n) is 26.6. The van der Waals surface area contributed by atoms with Gasteiger partial charge in [-0.25, -0.2) is 0 Å². The summed E-state index contributed by atoms with van der Waals surface area (Å²) in [7, 11) is 0. The van der Waals surface area contributed by atoms with Crippen LogP contribution in [0.2, 0.25) is 0 Å². The fourth-order valence-corrected chi connectivity index (χ4v) is 7.95. The summed E-state index contributed by atoms with van der Waals surface area (Å²) in [4.78, 5) is 0. The topological polar surface area (TPSA) is 13.1 Å². The molecule has 0 N–H and O–H groups in total. The Balaban J connectivity index is 1.23. The van der Waals surface area contributed by atoms with Crippen LogP contribution in [0.4, 0.5) is 0 Å². The van der Waals surface area contributed by atoms with Crippen LogP contribution in [-0.2, 0) is 5.41 Å². The summed E-state index contributed by atoms with van der Waals surface area (Å²) >= 11 is 0. The highest BCUT2D eigenvalue weighted by Crippen LogP contribution is 2.53. The van der Waals surface area contributed by atoms with E-state index in [1.165, 1.54) is 66.6 Å². The first kappa shape index (κ1) is 27.6. The highest BCUT2D eigenvalue weighted by Gasteiger charge is 2.38. The van der Waals surface area contributed by atoms with E-state index in [1.54, 1.807) is 0 Å². The number of furan rings is 1. The van der Waals surface area contributed by atoms with E-state index in [0.29, 0.717) is 0 Å². The lowest BCUT2D eigenvalue weighted by atomic mass is 9.78. The van der Waals surface area contributed by atoms with Gasteiger partial charge in [-0.1, -0.05) is 166 Å². The molecule has 1 heterocycles. The quantitative estimate of drug-likeness (QED) is 0.179. The van der Waals surface area contributed by atoms with Crippen molar-refractivity contribution < 1.29 is 4.42 Å². The van der Waals surface area contributed by atoms with Crippen LogP contribution < -0.4 is 0 Å². The summed E-state index contributed by atoms with van der Waals surface area (Å²) in [5, 5.41) is 2.35. The number of rotatable bonds is 5. The molecular formula is C46H34O. The van der Waals surface area contributed by atoms with Gasteiger partial charge in [0, 0.05) is 22.1 Å². The molecule has 8 aromatic rings. The van der Waals surface area contributed by atoms with Crippen LogP contribution in [-0.4, -0.2) is 0 Å². The lowest BCUT2D eigenvalue weighted by Gasteiger charge is -2.25. The third kappa shape index (κ3) is 4.38. The number of benzene rings is 7. The SMILES string of the molecule is CC1(C)c2ccccc2-c2c(C(c3ccc(-c4ccc(-c5ccccc5)cc4)cc3)c3cccc4oc5ccccc5c34)cccc21. The van der Waals surface area contributed by atoms with Gasteiger partial charge in [-0.15, -0.1) is 0 Å². The number of para-hydroxylation sites is 1. The predicted octanol–water partition coefficient (Wildman–Crippen LogP) is 12.4. The highest BCUT2D eigenvalue weighted by molar-refractivity contribution is 6.07. The van der Waals surface area contributed by atoms with Gasteiger partial charge in [0.2, 0.25) is 0 Å². The van der Waals surface area contributed by atoms with Crippen molar-refractivity contribution in [2.24, 2.45) is 0 Å². The minimum Gasteiger partial charge on any atom is -0.456 e. The Hall–Kier alpha value is -5.66. The molecule has 9 rings (SSSR count). The molecule has 0 amide bonds. The van der Waals surface area contributed by atoms with Gasteiger partial charge >= 0.3 is 0 Å². The lowest BCUT2D eigenvalue weighted by Crippen LogP contribution is -2.15. The fraction of sp³-hybridized carbons (Fsp3) is 0.0870. The average molecular weight is 603 g/mol. The Morgan fingerprint density at radius 2 is 1.00 bits per heavy atom. The van der Waals surface area contributed by atoms with Crippen LogP contribution in [0.1, 0.15) is 47.6 Å². The molecule has 7 aromatic carbocycles. The molecule has 224 valence electrons. The maximum atomic E-state index is 6.42. The van der Waals surface area contributed by atoms with Gasteiger partial charge in [0.15, 0.2) is 0 Å². The highest BCUT2D eigenvalue weighted by atomic mass is 16.3. The van der Waals surface area contributed by atoms with Gasteiger partial charge in [0.05, 0.1) is 0 Å². The minimum atomic E-state index is -0.0728. The van der Waals surface area contributed by atoms with Gasteiger partial charge in [-0.3, -0.25) is 0 Å². The summed E-state index contributed by atoms with van der Waals surface area (Å²) in [6.07, 6.45) is 0. The summed E-state index contributed by atoms with van der Waals surface area (Å²) < 4.78 is 6.42. The number of fused-ring (bicyclic) bond motifs is 6. The van der Waals surface area contributed by atoms with Gasteiger partial charge < -0.3 is 4.42 Å². The van der Waals surface area contributed by atoms with Crippen molar-refractivity contribution in [3.05, 3.63) is 192 Å². The van der Waals surface area contributed by atoms with Crippen LogP contribution in [0.5, 0.6) is 0 Å². The Morgan fingerprint density at radius 1 is 0.447 bits per heavy atom. The van der Waals surface area contributed by atoms with Crippen molar-refractivity contribution in [2.75, 3.05) is 0 Å². The molecule has 1 aliphatic rings. The summed E-state index contributed by atoms with van der Waals surface area (Å²) in [5.74, 6) is 0.00567. The van der Waals surface area contributed by atoms with E-state index in [2.05, 4.69) is 178 Å². The third-order valence-electron chi connectivity index (χ3n) is 10.3. The van der Waals surface area contributed by atoms with Gasteiger partial charge in [-0.05, 0) is 73.3 Å². The zero-order valence-corrected chi connectivity index (χ0v) is 26.6. The molecule has 0 aliphatic heterocycles. The van der Waals surface area contributed by atoms with Gasteiger partial charge in [-0.2, -0.15) is 0 Å². The first-order chi connectivity index (χ1) is 23.1. The molecule has 1 aromatic heterocycles. The van der Waals surface area contributed by atoms with Crippen molar-refractivity contribution in [1.82, 2.24) is 0 Å². The van der Waals surface area contributed by atoms with Crippen molar-refractivity contribution in [3.8, 4) is 33.4 Å². The predicted molar refractivity (Wildman–Crippen MR) is 196 cm³/mol.